The Morgan fingerprint density at radius 2 is 1.89 bits per heavy atom. The Labute approximate surface area is 271 Å². The van der Waals surface area contributed by atoms with Crippen molar-refractivity contribution in [1.29, 1.82) is 0 Å². The molecular weight excluding hydrogens is 588 g/mol. The van der Waals surface area contributed by atoms with Crippen molar-refractivity contribution in [3.63, 3.8) is 0 Å². The molecule has 12 heteroatoms. The van der Waals surface area contributed by atoms with Crippen LogP contribution in [0.2, 0.25) is 0 Å². The second kappa shape index (κ2) is 14.9. The zero-order chi connectivity index (χ0) is 33.0. The van der Waals surface area contributed by atoms with E-state index in [2.05, 4.69) is 31.8 Å². The fourth-order valence-electron chi connectivity index (χ4n) is 7.30. The molecule has 6 rings (SSSR count). The van der Waals surface area contributed by atoms with Crippen LogP contribution in [0, 0.1) is 5.92 Å². The van der Waals surface area contributed by atoms with E-state index in [-0.39, 0.29) is 17.6 Å². The van der Waals surface area contributed by atoms with Crippen molar-refractivity contribution in [3.05, 3.63) is 46.9 Å². The van der Waals surface area contributed by atoms with Gasteiger partial charge in [-0.05, 0) is 67.8 Å². The first-order valence-electron chi connectivity index (χ1n) is 17.0. The number of nitrogens with zero attached hydrogens (tertiary/aromatic N) is 7. The molecule has 1 atom stereocenters. The first-order chi connectivity index (χ1) is 22.3. The van der Waals surface area contributed by atoms with Gasteiger partial charge in [0.1, 0.15) is 0 Å². The Morgan fingerprint density at radius 3 is 2.54 bits per heavy atom. The highest BCUT2D eigenvalue weighted by molar-refractivity contribution is 5.78. The Hall–Kier alpha value is -3.51. The highest BCUT2D eigenvalue weighted by Crippen LogP contribution is 2.43. The number of alkyl halides is 2. The second-order valence-corrected chi connectivity index (χ2v) is 12.7. The third kappa shape index (κ3) is 6.92. The van der Waals surface area contributed by atoms with E-state index >= 15 is 0 Å². The standard InChI is InChI=1S/C32H45F2N9O.C2H6/c1-21(6-10-35)18-40-12-7-24(8-13-40)43-28-9-14-41(32(44)36-2)20-27(28)31(38-43)42-11-4-5-22-15-25(23-17-37-39(3)19-23)26(30(33)34)16-29(22)42;1-2/h15-17,19,21,24,30H,4-14,18,20,35H2,1-3H3,(H,36,44);1-2H3. The fraction of sp³-hybridized carbons (Fsp3) is 0.618. The number of halogens is 2. The number of hydrogen-bond acceptors (Lipinski definition) is 6. The van der Waals surface area contributed by atoms with E-state index in [1.54, 1.807) is 37.2 Å². The van der Waals surface area contributed by atoms with Crippen LogP contribution in [0.1, 0.15) is 81.3 Å². The summed E-state index contributed by atoms with van der Waals surface area (Å²) in [5, 5.41) is 12.3. The van der Waals surface area contributed by atoms with E-state index < -0.39 is 6.43 Å². The molecule has 3 aliphatic heterocycles. The molecule has 10 nitrogen and oxygen atoms in total. The minimum absolute atomic E-state index is 0.000161. The van der Waals surface area contributed by atoms with Gasteiger partial charge >= 0.3 is 6.03 Å². The molecule has 0 bridgehead atoms. The molecule has 0 saturated carbocycles. The number of piperidine rings is 1. The molecular formula is C34H51F2N9O. The van der Waals surface area contributed by atoms with E-state index in [1.807, 2.05) is 24.8 Å². The Kier molecular flexibility index (Phi) is 11.0. The van der Waals surface area contributed by atoms with Crippen molar-refractivity contribution in [2.75, 3.05) is 51.2 Å². The van der Waals surface area contributed by atoms with Crippen LogP contribution in [0.15, 0.2) is 24.5 Å². The summed E-state index contributed by atoms with van der Waals surface area (Å²) < 4.78 is 33.0. The van der Waals surface area contributed by atoms with E-state index in [0.29, 0.717) is 43.1 Å². The van der Waals surface area contributed by atoms with E-state index in [1.165, 1.54) is 5.69 Å². The molecule has 0 radical (unpaired) electrons. The largest absolute Gasteiger partial charge is 0.341 e. The summed E-state index contributed by atoms with van der Waals surface area (Å²) in [5.41, 5.74) is 11.0. The first kappa shape index (κ1) is 33.8. The Morgan fingerprint density at radius 1 is 1.13 bits per heavy atom. The predicted octanol–water partition coefficient (Wildman–Crippen LogP) is 5.65. The van der Waals surface area contributed by atoms with Crippen LogP contribution in [0.4, 0.5) is 25.1 Å². The summed E-state index contributed by atoms with van der Waals surface area (Å²) in [6.45, 7) is 11.8. The smallest absolute Gasteiger partial charge is 0.317 e. The van der Waals surface area contributed by atoms with Crippen LogP contribution in [-0.2, 0) is 26.4 Å². The summed E-state index contributed by atoms with van der Waals surface area (Å²) in [7, 11) is 3.44. The minimum Gasteiger partial charge on any atom is -0.341 e. The maximum Gasteiger partial charge on any atom is 0.317 e. The van der Waals surface area contributed by atoms with Gasteiger partial charge in [-0.25, -0.2) is 13.6 Å². The van der Waals surface area contributed by atoms with Gasteiger partial charge in [0.05, 0.1) is 18.8 Å². The lowest BCUT2D eigenvalue weighted by atomic mass is 9.92. The molecule has 0 spiro atoms. The van der Waals surface area contributed by atoms with Crippen molar-refractivity contribution in [2.45, 2.75) is 78.3 Å². The van der Waals surface area contributed by atoms with Gasteiger partial charge in [0.2, 0.25) is 0 Å². The SMILES string of the molecule is CC.CNC(=O)N1CCc2c(c(N3CCCc4cc(-c5cnn(C)c5)c(C(F)F)cc43)nn2C2CCN(CC(C)CCN)CC2)C1. The fourth-order valence-corrected chi connectivity index (χ4v) is 7.30. The number of aromatic nitrogens is 4. The molecule has 1 saturated heterocycles. The van der Waals surface area contributed by atoms with Crippen LogP contribution in [0.25, 0.3) is 11.1 Å². The van der Waals surface area contributed by atoms with Crippen molar-refractivity contribution in [2.24, 2.45) is 18.7 Å². The van der Waals surface area contributed by atoms with E-state index in [9.17, 15) is 13.6 Å². The number of rotatable bonds is 8. The van der Waals surface area contributed by atoms with Gasteiger partial charge in [0.25, 0.3) is 6.43 Å². The number of carbonyl (C=O) groups is 1. The maximum atomic E-state index is 14.5. The monoisotopic (exact) mass is 639 g/mol. The molecule has 3 aliphatic rings. The molecule has 1 aromatic carbocycles. The summed E-state index contributed by atoms with van der Waals surface area (Å²) in [4.78, 5) is 19.2. The molecule has 1 fully saturated rings. The van der Waals surface area contributed by atoms with Crippen molar-refractivity contribution >= 4 is 17.5 Å². The minimum atomic E-state index is -2.63. The molecule has 3 aromatic rings. The normalized spacial score (nSPS) is 17.8. The molecule has 2 aromatic heterocycles. The average molecular weight is 640 g/mol. The number of hydrogen-bond donors (Lipinski definition) is 2. The predicted molar refractivity (Wildman–Crippen MR) is 179 cm³/mol. The lowest BCUT2D eigenvalue weighted by molar-refractivity contribution is 0.152. The number of aryl methyl sites for hydroxylation is 2. The van der Waals surface area contributed by atoms with Crippen molar-refractivity contribution < 1.29 is 13.6 Å². The molecule has 2 amide bonds. The van der Waals surface area contributed by atoms with Gasteiger partial charge in [-0.1, -0.05) is 20.8 Å². The van der Waals surface area contributed by atoms with E-state index in [4.69, 9.17) is 10.8 Å². The molecule has 46 heavy (non-hydrogen) atoms. The number of carbonyl (C=O) groups excluding carboxylic acids is 1. The van der Waals surface area contributed by atoms with Crippen LogP contribution in [0.3, 0.4) is 0 Å². The molecule has 0 aliphatic carbocycles. The number of likely N-dealkylation sites (tertiary alicyclic amines) is 1. The molecule has 3 N–H and O–H groups in total. The summed E-state index contributed by atoms with van der Waals surface area (Å²) in [6, 6.07) is 3.72. The van der Waals surface area contributed by atoms with Gasteiger partial charge in [-0.2, -0.15) is 10.2 Å². The molecule has 1 unspecified atom stereocenters. The van der Waals surface area contributed by atoms with Crippen LogP contribution < -0.4 is 16.0 Å². The first-order valence-corrected chi connectivity index (χ1v) is 17.0. The average Bonchev–Trinajstić information content (AvgIpc) is 3.68. The zero-order valence-corrected chi connectivity index (χ0v) is 28.1. The van der Waals surface area contributed by atoms with Crippen molar-refractivity contribution in [1.82, 2.24) is 34.7 Å². The lowest BCUT2D eigenvalue weighted by Gasteiger charge is -2.35. The van der Waals surface area contributed by atoms with Gasteiger partial charge in [-0.15, -0.1) is 0 Å². The quantitative estimate of drug-likeness (QED) is 0.331. The number of benzene rings is 1. The highest BCUT2D eigenvalue weighted by Gasteiger charge is 2.35. The second-order valence-electron chi connectivity index (χ2n) is 12.7. The number of fused-ring (bicyclic) bond motifs is 2. The lowest BCUT2D eigenvalue weighted by Crippen LogP contribution is -2.42. The zero-order valence-electron chi connectivity index (χ0n) is 28.1. The maximum absolute atomic E-state index is 14.5. The van der Waals surface area contributed by atoms with Gasteiger partial charge in [0.15, 0.2) is 5.82 Å². The van der Waals surface area contributed by atoms with Crippen LogP contribution in [0.5, 0.6) is 0 Å². The summed E-state index contributed by atoms with van der Waals surface area (Å²) >= 11 is 0. The number of urea groups is 1. The molecule has 5 heterocycles. The van der Waals surface area contributed by atoms with Crippen LogP contribution >= 0.6 is 0 Å². The molecule has 252 valence electrons. The summed E-state index contributed by atoms with van der Waals surface area (Å²) in [5.74, 6) is 1.37. The number of anilines is 2. The number of nitrogens with two attached hydrogens (primary N) is 1. The van der Waals surface area contributed by atoms with Gasteiger partial charge < -0.3 is 25.8 Å². The Balaban J connectivity index is 0.00000204. The van der Waals surface area contributed by atoms with Crippen LogP contribution in [-0.4, -0.2) is 81.7 Å². The van der Waals surface area contributed by atoms with E-state index in [0.717, 1.165) is 80.9 Å². The number of amides is 2. The Bertz CT molecular complexity index is 1480. The summed E-state index contributed by atoms with van der Waals surface area (Å²) in [6.07, 6.45) is 6.23. The van der Waals surface area contributed by atoms with Gasteiger partial charge in [0, 0.05) is 87.5 Å². The topological polar surface area (TPSA) is 100 Å². The third-order valence-electron chi connectivity index (χ3n) is 9.57. The number of nitrogens with one attached hydrogen (secondary N) is 1. The van der Waals surface area contributed by atoms with Gasteiger partial charge in [-0.3, -0.25) is 9.36 Å². The third-order valence-corrected chi connectivity index (χ3v) is 9.57. The van der Waals surface area contributed by atoms with Crippen molar-refractivity contribution in [3.8, 4) is 11.1 Å². The highest BCUT2D eigenvalue weighted by atomic mass is 19.3.